The number of esters is 2. The zero-order valence-electron chi connectivity index (χ0n) is 77.6. The molecule has 0 fully saturated rings. The van der Waals surface area contributed by atoms with Gasteiger partial charge in [-0.05, 0) is 219 Å². The molecular weight excluding hydrogens is 1560 g/mol. The van der Waals surface area contributed by atoms with Gasteiger partial charge in [-0.15, -0.1) is 0 Å². The van der Waals surface area contributed by atoms with Crippen molar-refractivity contribution in [3.05, 3.63) is 0 Å². The van der Waals surface area contributed by atoms with Crippen molar-refractivity contribution in [2.24, 2.45) is 0 Å². The molecule has 652 valence electrons. The highest BCUT2D eigenvalue weighted by Gasteiger charge is 2.53. The first kappa shape index (κ1) is 110. The average Bonchev–Trinajstić information content (AvgIpc) is 0.795. The maximum absolute atomic E-state index is 11.5. The van der Waals surface area contributed by atoms with Gasteiger partial charge >= 0.3 is 63.3 Å². The maximum Gasteiger partial charge on any atom is 0.317 e. The topological polar surface area (TPSA) is 154 Å². The van der Waals surface area contributed by atoms with Gasteiger partial charge in [-0.3, -0.25) is 9.59 Å². The lowest BCUT2D eigenvalue weighted by Crippen LogP contribution is -2.61. The lowest BCUT2D eigenvalue weighted by atomic mass is 10.0. The molecule has 0 aliphatic carbocycles. The molecule has 27 heteroatoms. The molecule has 0 radical (unpaired) electrons. The second-order valence-corrected chi connectivity index (χ2v) is 88.3. The van der Waals surface area contributed by atoms with E-state index in [0.29, 0.717) is 13.2 Å². The minimum atomic E-state index is -2.94. The summed E-state index contributed by atoms with van der Waals surface area (Å²) < 4.78 is 91.7. The number of ether oxygens (including phenoxy) is 4. The van der Waals surface area contributed by atoms with Crippen molar-refractivity contribution in [1.29, 1.82) is 0 Å². The van der Waals surface area contributed by atoms with Crippen LogP contribution in [-0.4, -0.2) is 152 Å². The Hall–Kier alpha value is 1.10. The van der Waals surface area contributed by atoms with Crippen molar-refractivity contribution in [2.45, 2.75) is 490 Å². The van der Waals surface area contributed by atoms with E-state index >= 15 is 0 Å². The SMILES string of the molecule is CCCCCCCCCCCCCCCCCC[Si](C)(O[Si](C)(CCCCCOC(C)COC(C)=O)O[Si](C)(C)C)O[Si](C)(CC[Si](C)(C)O[Si](C)(C)CC[Si](C)(O[Si](C)(C)C)O[Si](C)(CCCCCCCCCCCCCCCCCC)O[Si](C)(CCCCCOC(C)COC(C)=O)O[Si](C)(C)C)O[Si](C)(C)C. The van der Waals surface area contributed by atoms with Crippen molar-refractivity contribution in [2.75, 3.05) is 26.4 Å². The molecule has 0 aliphatic rings. The van der Waals surface area contributed by atoms with Gasteiger partial charge in [0.2, 0.25) is 0 Å². The van der Waals surface area contributed by atoms with Crippen molar-refractivity contribution in [1.82, 2.24) is 0 Å². The van der Waals surface area contributed by atoms with Crippen molar-refractivity contribution >= 4 is 113 Å². The molecule has 0 aromatic rings. The van der Waals surface area contributed by atoms with Gasteiger partial charge in [0, 0.05) is 27.1 Å². The molecule has 8 atom stereocenters. The Morgan fingerprint density at radius 3 is 0.615 bits per heavy atom. The molecular formula is C82H186O15Si12. The number of hydrogen-bond donors (Lipinski definition) is 0. The summed E-state index contributed by atoms with van der Waals surface area (Å²) in [7, 11) is -30.3. The molecule has 0 bridgehead atoms. The minimum absolute atomic E-state index is 0.135. The van der Waals surface area contributed by atoms with Gasteiger partial charge in [0.1, 0.15) is 13.2 Å². The van der Waals surface area contributed by atoms with Gasteiger partial charge < -0.3 is 56.0 Å². The summed E-state index contributed by atoms with van der Waals surface area (Å²) in [4.78, 5) is 22.9. The maximum atomic E-state index is 11.5. The predicted octanol–water partition coefficient (Wildman–Crippen LogP) is 28.1. The molecule has 109 heavy (non-hydrogen) atoms. The monoisotopic (exact) mass is 1750 g/mol. The van der Waals surface area contributed by atoms with Crippen LogP contribution in [-0.2, 0) is 65.6 Å². The largest absolute Gasteiger partial charge is 0.463 e. The fraction of sp³-hybridized carbons (Fsp3) is 0.976. The van der Waals surface area contributed by atoms with Crippen LogP contribution >= 0.6 is 0 Å². The third kappa shape index (κ3) is 66.6. The number of rotatable bonds is 76. The van der Waals surface area contributed by atoms with Crippen LogP contribution in [0.3, 0.4) is 0 Å². The normalized spacial score (nSPS) is 16.9. The Morgan fingerprint density at radius 2 is 0.413 bits per heavy atom. The molecule has 0 spiro atoms. The van der Waals surface area contributed by atoms with Gasteiger partial charge in [-0.25, -0.2) is 0 Å². The van der Waals surface area contributed by atoms with Gasteiger partial charge in [0.15, 0.2) is 49.9 Å². The van der Waals surface area contributed by atoms with Crippen molar-refractivity contribution in [3.63, 3.8) is 0 Å². The third-order valence-corrected chi connectivity index (χ3v) is 66.3. The van der Waals surface area contributed by atoms with Crippen LogP contribution in [0.5, 0.6) is 0 Å². The van der Waals surface area contributed by atoms with Gasteiger partial charge in [0.25, 0.3) is 0 Å². The van der Waals surface area contributed by atoms with E-state index in [4.69, 9.17) is 56.0 Å². The molecule has 0 aromatic carbocycles. The number of unbranched alkanes of at least 4 members (excludes halogenated alkanes) is 34. The summed E-state index contributed by atoms with van der Waals surface area (Å²) in [5, 5.41) is 0. The van der Waals surface area contributed by atoms with E-state index in [-0.39, 0.29) is 37.4 Å². The molecule has 0 N–H and O–H groups in total. The van der Waals surface area contributed by atoms with Crippen molar-refractivity contribution in [3.8, 4) is 0 Å². The van der Waals surface area contributed by atoms with E-state index in [1.54, 1.807) is 0 Å². The zero-order valence-corrected chi connectivity index (χ0v) is 89.6. The summed E-state index contributed by atoms with van der Waals surface area (Å²) in [6, 6.07) is 7.35. The Labute approximate surface area is 690 Å². The first-order valence-electron chi connectivity index (χ1n) is 45.3. The van der Waals surface area contributed by atoms with E-state index in [2.05, 4.69) is 158 Å². The quantitative estimate of drug-likeness (QED) is 0.0322. The van der Waals surface area contributed by atoms with Crippen LogP contribution in [0.2, 0.25) is 192 Å². The highest BCUT2D eigenvalue weighted by molar-refractivity contribution is 6.94. The smallest absolute Gasteiger partial charge is 0.317 e. The zero-order chi connectivity index (χ0) is 82.9. The van der Waals surface area contributed by atoms with Crippen LogP contribution in [0.1, 0.15) is 286 Å². The fourth-order valence-electron chi connectivity index (χ4n) is 15.6. The predicted molar refractivity (Wildman–Crippen MR) is 497 cm³/mol. The number of carbonyl (C=O) groups excluding carboxylic acids is 2. The van der Waals surface area contributed by atoms with Crippen LogP contribution < -0.4 is 0 Å². The summed E-state index contributed by atoms with van der Waals surface area (Å²) in [6.45, 7) is 65.2. The molecule has 0 saturated carbocycles. The number of hydrogen-bond acceptors (Lipinski definition) is 15. The Balaban J connectivity index is 7.01. The molecule has 0 aliphatic heterocycles. The summed E-state index contributed by atoms with van der Waals surface area (Å²) in [5.41, 5.74) is 0. The summed E-state index contributed by atoms with van der Waals surface area (Å²) in [6.07, 6.45) is 48.5. The van der Waals surface area contributed by atoms with Gasteiger partial charge in [-0.1, -0.05) is 245 Å². The molecule has 0 saturated heterocycles. The van der Waals surface area contributed by atoms with E-state index in [9.17, 15) is 9.59 Å². The number of carbonyl (C=O) groups is 2. The second kappa shape index (κ2) is 58.1. The highest BCUT2D eigenvalue weighted by atomic mass is 28.5. The molecule has 0 heterocycles. The van der Waals surface area contributed by atoms with E-state index in [1.165, 1.54) is 206 Å². The molecule has 0 amide bonds. The van der Waals surface area contributed by atoms with Crippen molar-refractivity contribution < 1.29 is 65.6 Å². The van der Waals surface area contributed by atoms with Crippen LogP contribution in [0.15, 0.2) is 0 Å². The second-order valence-electron chi connectivity index (χ2n) is 39.4. The van der Waals surface area contributed by atoms with E-state index in [0.717, 1.165) is 99.7 Å². The first-order valence-corrected chi connectivity index (χ1v) is 80.3. The summed E-state index contributed by atoms with van der Waals surface area (Å²) >= 11 is 0. The van der Waals surface area contributed by atoms with E-state index in [1.807, 2.05) is 13.8 Å². The van der Waals surface area contributed by atoms with Crippen LogP contribution in [0.25, 0.3) is 0 Å². The molecule has 15 nitrogen and oxygen atoms in total. The standard InChI is InChI=1S/C82H186O15Si12/c1-29-31-33-35-37-39-41-43-45-47-49-51-53-55-57-63-71-106(25,94-104(23,89-98(7,8)9)69-65-59-61-67-85-79(3)77-87-81(5)83)96-108(27,91-100(13,14)15)75-73-102(19,20)93-103(21,22)74-76-109(28,92-101(16,17)18)97-107(26,72-64-58-56-54-52-50-48-46-44-42-40-38-36-34-32-30-2)95-105(24,90-99(10,11)12)70-66-60-62-68-86-80(4)78-88-82(6)84/h79-80H,29-78H2,1-28H3. The van der Waals surface area contributed by atoms with E-state index < -0.39 is 101 Å². The fourth-order valence-corrected chi connectivity index (χ4v) is 77.9. The Bertz CT molecular complexity index is 2130. The molecule has 0 aromatic heterocycles. The lowest BCUT2D eigenvalue weighted by Gasteiger charge is -2.46. The minimum Gasteiger partial charge on any atom is -0.463 e. The third-order valence-electron chi connectivity index (χ3n) is 20.1. The van der Waals surface area contributed by atoms with Crippen LogP contribution in [0, 0.1) is 0 Å². The highest BCUT2D eigenvalue weighted by Crippen LogP contribution is 2.40. The summed E-state index contributed by atoms with van der Waals surface area (Å²) in [5.74, 6) is -0.551. The average molecular weight is 1750 g/mol. The molecule has 8 unspecified atom stereocenters. The Morgan fingerprint density at radius 1 is 0.229 bits per heavy atom. The molecule has 0 rings (SSSR count). The van der Waals surface area contributed by atoms with Crippen LogP contribution in [0.4, 0.5) is 0 Å². The van der Waals surface area contributed by atoms with Gasteiger partial charge in [-0.2, -0.15) is 0 Å². The Kier molecular flexibility index (Phi) is 58.7. The lowest BCUT2D eigenvalue weighted by molar-refractivity contribution is -0.145. The van der Waals surface area contributed by atoms with Gasteiger partial charge in [0.05, 0.1) is 12.2 Å². The first-order chi connectivity index (χ1) is 50.5.